The Balaban J connectivity index is 1.70. The Morgan fingerprint density at radius 3 is 2.35 bits per heavy atom. The largest absolute Gasteiger partial charge is 0.336 e. The summed E-state index contributed by atoms with van der Waals surface area (Å²) >= 11 is 0. The molecule has 3 aromatic rings. The molecular weight excluding hydrogens is 296 g/mol. The van der Waals surface area contributed by atoms with Crippen molar-refractivity contribution in [3.05, 3.63) is 47.8 Å². The molecule has 0 saturated carbocycles. The van der Waals surface area contributed by atoms with Crippen LogP contribution in [0.1, 0.15) is 11.3 Å². The van der Waals surface area contributed by atoms with Gasteiger partial charge >= 0.3 is 11.8 Å². The Morgan fingerprint density at radius 2 is 1.65 bits per heavy atom. The lowest BCUT2D eigenvalue weighted by molar-refractivity contribution is -0.132. The summed E-state index contributed by atoms with van der Waals surface area (Å²) in [6.07, 6.45) is 1.41. The SMILES string of the molecule is Cc1ccc(NC(=O)C(=O)Nc2cnc3onc(C)c3c2)cc1. The van der Waals surface area contributed by atoms with Crippen molar-refractivity contribution in [1.29, 1.82) is 0 Å². The van der Waals surface area contributed by atoms with Crippen molar-refractivity contribution in [2.24, 2.45) is 0 Å². The van der Waals surface area contributed by atoms with Crippen molar-refractivity contribution < 1.29 is 14.1 Å². The Hall–Kier alpha value is -3.22. The van der Waals surface area contributed by atoms with Crippen molar-refractivity contribution in [3.63, 3.8) is 0 Å². The fraction of sp³-hybridized carbons (Fsp3) is 0.125. The first-order valence-corrected chi connectivity index (χ1v) is 6.94. The quantitative estimate of drug-likeness (QED) is 0.708. The second-order valence-corrected chi connectivity index (χ2v) is 5.12. The van der Waals surface area contributed by atoms with Crippen LogP contribution in [0.2, 0.25) is 0 Å². The topological polar surface area (TPSA) is 97.1 Å². The van der Waals surface area contributed by atoms with E-state index in [1.165, 1.54) is 6.20 Å². The van der Waals surface area contributed by atoms with Crippen LogP contribution in [0.3, 0.4) is 0 Å². The summed E-state index contributed by atoms with van der Waals surface area (Å²) in [5, 5.41) is 9.50. The minimum atomic E-state index is -0.777. The molecule has 0 radical (unpaired) electrons. The van der Waals surface area contributed by atoms with Gasteiger partial charge in [-0.05, 0) is 32.0 Å². The molecule has 23 heavy (non-hydrogen) atoms. The van der Waals surface area contributed by atoms with Gasteiger partial charge in [0.05, 0.1) is 23.0 Å². The van der Waals surface area contributed by atoms with Gasteiger partial charge in [-0.3, -0.25) is 9.59 Å². The van der Waals surface area contributed by atoms with E-state index in [1.807, 2.05) is 19.1 Å². The van der Waals surface area contributed by atoms with Crippen molar-refractivity contribution in [2.45, 2.75) is 13.8 Å². The summed E-state index contributed by atoms with van der Waals surface area (Å²) in [7, 11) is 0. The van der Waals surface area contributed by atoms with E-state index in [0.717, 1.165) is 5.56 Å². The summed E-state index contributed by atoms with van der Waals surface area (Å²) in [5.74, 6) is -1.53. The summed E-state index contributed by atoms with van der Waals surface area (Å²) in [4.78, 5) is 27.9. The highest BCUT2D eigenvalue weighted by atomic mass is 16.5. The molecule has 2 aromatic heterocycles. The highest BCUT2D eigenvalue weighted by molar-refractivity contribution is 6.43. The van der Waals surface area contributed by atoms with Gasteiger partial charge in [-0.1, -0.05) is 22.9 Å². The summed E-state index contributed by atoms with van der Waals surface area (Å²) in [5.41, 5.74) is 3.06. The Kier molecular flexibility index (Phi) is 3.76. The van der Waals surface area contributed by atoms with E-state index >= 15 is 0 Å². The third kappa shape index (κ3) is 3.18. The molecule has 0 fully saturated rings. The average Bonchev–Trinajstić information content (AvgIpc) is 2.90. The van der Waals surface area contributed by atoms with Crippen LogP contribution in [0.5, 0.6) is 0 Å². The summed E-state index contributed by atoms with van der Waals surface area (Å²) in [6.45, 7) is 3.71. The van der Waals surface area contributed by atoms with E-state index < -0.39 is 11.8 Å². The standard InChI is InChI=1S/C16H14N4O3/c1-9-3-5-11(6-4-9)18-14(21)15(22)19-12-7-13-10(2)20-23-16(13)17-8-12/h3-8H,1-2H3,(H,18,21)(H,19,22). The predicted molar refractivity (Wildman–Crippen MR) is 85.0 cm³/mol. The van der Waals surface area contributed by atoms with Crippen LogP contribution in [-0.4, -0.2) is 22.0 Å². The van der Waals surface area contributed by atoms with Gasteiger partial charge in [-0.2, -0.15) is 0 Å². The number of hydrogen-bond donors (Lipinski definition) is 2. The van der Waals surface area contributed by atoms with Gasteiger partial charge in [0.2, 0.25) is 0 Å². The molecule has 0 atom stereocenters. The monoisotopic (exact) mass is 310 g/mol. The van der Waals surface area contributed by atoms with Gasteiger partial charge in [0.25, 0.3) is 5.71 Å². The average molecular weight is 310 g/mol. The number of hydrogen-bond acceptors (Lipinski definition) is 5. The Morgan fingerprint density at radius 1 is 1.00 bits per heavy atom. The molecule has 7 nitrogen and oxygen atoms in total. The normalized spacial score (nSPS) is 10.5. The lowest BCUT2D eigenvalue weighted by Crippen LogP contribution is -2.29. The van der Waals surface area contributed by atoms with Crippen LogP contribution in [0.15, 0.2) is 41.1 Å². The number of carbonyl (C=O) groups is 2. The Labute approximate surface area is 131 Å². The molecule has 2 N–H and O–H groups in total. The number of nitrogens with zero attached hydrogens (tertiary/aromatic N) is 2. The second kappa shape index (κ2) is 5.88. The smallest absolute Gasteiger partial charge is 0.314 e. The predicted octanol–water partition coefficient (Wildman–Crippen LogP) is 2.42. The number of fused-ring (bicyclic) bond motifs is 1. The van der Waals surface area contributed by atoms with Gasteiger partial charge in [-0.25, -0.2) is 4.98 Å². The molecule has 0 unspecified atom stereocenters. The highest BCUT2D eigenvalue weighted by Crippen LogP contribution is 2.19. The fourth-order valence-corrected chi connectivity index (χ4v) is 2.03. The maximum atomic E-state index is 12.0. The van der Waals surface area contributed by atoms with E-state index in [0.29, 0.717) is 28.2 Å². The zero-order valence-corrected chi connectivity index (χ0v) is 12.6. The maximum Gasteiger partial charge on any atom is 0.314 e. The molecule has 3 rings (SSSR count). The molecule has 0 aliphatic rings. The maximum absolute atomic E-state index is 12.0. The van der Waals surface area contributed by atoms with E-state index in [2.05, 4.69) is 20.8 Å². The Bertz CT molecular complexity index is 884. The number of pyridine rings is 1. The van der Waals surface area contributed by atoms with Crippen LogP contribution in [0.4, 0.5) is 11.4 Å². The number of aromatic nitrogens is 2. The molecule has 1 aromatic carbocycles. The van der Waals surface area contributed by atoms with Gasteiger partial charge in [0.1, 0.15) is 0 Å². The first-order valence-electron chi connectivity index (χ1n) is 6.94. The first kappa shape index (κ1) is 14.7. The van der Waals surface area contributed by atoms with E-state index in [1.54, 1.807) is 25.1 Å². The number of benzene rings is 1. The molecule has 7 heteroatoms. The molecule has 0 aliphatic heterocycles. The number of carbonyl (C=O) groups excluding carboxylic acids is 2. The zero-order valence-electron chi connectivity index (χ0n) is 12.6. The molecule has 0 saturated heterocycles. The number of anilines is 2. The van der Waals surface area contributed by atoms with Crippen LogP contribution in [0, 0.1) is 13.8 Å². The lowest BCUT2D eigenvalue weighted by Gasteiger charge is -2.06. The molecule has 0 aliphatic carbocycles. The van der Waals surface area contributed by atoms with E-state index in [4.69, 9.17) is 4.52 Å². The summed E-state index contributed by atoms with van der Waals surface area (Å²) < 4.78 is 4.99. The molecule has 2 heterocycles. The highest BCUT2D eigenvalue weighted by Gasteiger charge is 2.15. The van der Waals surface area contributed by atoms with Crippen molar-refractivity contribution in [3.8, 4) is 0 Å². The van der Waals surface area contributed by atoms with Gasteiger partial charge in [-0.15, -0.1) is 0 Å². The molecule has 0 bridgehead atoms. The molecule has 116 valence electrons. The van der Waals surface area contributed by atoms with Crippen LogP contribution in [-0.2, 0) is 9.59 Å². The number of aryl methyl sites for hydroxylation is 2. The van der Waals surface area contributed by atoms with Crippen molar-refractivity contribution in [1.82, 2.24) is 10.1 Å². The molecular formula is C16H14N4O3. The number of amides is 2. The number of rotatable bonds is 2. The van der Waals surface area contributed by atoms with Crippen LogP contribution < -0.4 is 10.6 Å². The van der Waals surface area contributed by atoms with Gasteiger partial charge in [0, 0.05) is 5.69 Å². The second-order valence-electron chi connectivity index (χ2n) is 5.12. The minimum absolute atomic E-state index is 0.379. The molecule has 0 spiro atoms. The number of nitrogens with one attached hydrogen (secondary N) is 2. The fourth-order valence-electron chi connectivity index (χ4n) is 2.03. The summed E-state index contributed by atoms with van der Waals surface area (Å²) in [6, 6.07) is 8.81. The zero-order chi connectivity index (χ0) is 16.4. The first-order chi connectivity index (χ1) is 11.0. The molecule has 2 amide bonds. The third-order valence-electron chi connectivity index (χ3n) is 3.28. The van der Waals surface area contributed by atoms with Crippen LogP contribution in [0.25, 0.3) is 11.1 Å². The van der Waals surface area contributed by atoms with Crippen LogP contribution >= 0.6 is 0 Å². The third-order valence-corrected chi connectivity index (χ3v) is 3.28. The van der Waals surface area contributed by atoms with Gasteiger partial charge < -0.3 is 15.2 Å². The lowest BCUT2D eigenvalue weighted by atomic mass is 10.2. The minimum Gasteiger partial charge on any atom is -0.336 e. The van der Waals surface area contributed by atoms with Crippen molar-refractivity contribution in [2.75, 3.05) is 10.6 Å². The van der Waals surface area contributed by atoms with Crippen molar-refractivity contribution >= 4 is 34.3 Å². The van der Waals surface area contributed by atoms with E-state index in [9.17, 15) is 9.59 Å². The van der Waals surface area contributed by atoms with E-state index in [-0.39, 0.29) is 0 Å². The van der Waals surface area contributed by atoms with Gasteiger partial charge in [0.15, 0.2) is 0 Å².